The van der Waals surface area contributed by atoms with Gasteiger partial charge >= 0.3 is 0 Å². The molecule has 194 valence electrons. The van der Waals surface area contributed by atoms with E-state index in [2.05, 4.69) is 59.2 Å². The van der Waals surface area contributed by atoms with Crippen LogP contribution in [0.25, 0.3) is 0 Å². The van der Waals surface area contributed by atoms with Gasteiger partial charge in [-0.15, -0.1) is 0 Å². The summed E-state index contributed by atoms with van der Waals surface area (Å²) in [7, 11) is 3.84. The Bertz CT molecular complexity index is 921. The summed E-state index contributed by atoms with van der Waals surface area (Å²) in [5, 5.41) is 19.0. The minimum Gasteiger partial charge on any atom is -0.506 e. The van der Waals surface area contributed by atoms with E-state index >= 15 is 0 Å². The van der Waals surface area contributed by atoms with Crippen molar-refractivity contribution in [3.8, 4) is 5.75 Å². The average molecular weight is 485 g/mol. The van der Waals surface area contributed by atoms with Crippen molar-refractivity contribution in [2.75, 3.05) is 44.4 Å². The largest absolute Gasteiger partial charge is 0.506 e. The molecule has 4 N–H and O–H groups in total. The number of anilines is 2. The van der Waals surface area contributed by atoms with Crippen molar-refractivity contribution in [1.29, 1.82) is 0 Å². The second kappa shape index (κ2) is 15.1. The zero-order valence-corrected chi connectivity index (χ0v) is 22.1. The van der Waals surface area contributed by atoms with E-state index in [4.69, 9.17) is 4.42 Å². The van der Waals surface area contributed by atoms with Crippen LogP contribution in [0.15, 0.2) is 41.0 Å². The molecular formula is C28H44N4O3. The number of allylic oxidation sites excluding steroid dienone is 1. The first kappa shape index (κ1) is 28.3. The van der Waals surface area contributed by atoms with Gasteiger partial charge in [-0.05, 0) is 67.6 Å². The third-order valence-corrected chi connectivity index (χ3v) is 6.28. The topological polar surface area (TPSA) is 89.8 Å². The Hall–Kier alpha value is -2.93. The molecule has 0 saturated heterocycles. The molecule has 1 aliphatic rings. The van der Waals surface area contributed by atoms with E-state index in [9.17, 15) is 9.90 Å². The number of carbonyl (C=O) groups excluding carboxylic acids is 1. The minimum atomic E-state index is 0.113. The lowest BCUT2D eigenvalue weighted by molar-refractivity contribution is -0.105. The van der Waals surface area contributed by atoms with E-state index in [-0.39, 0.29) is 5.75 Å². The van der Waals surface area contributed by atoms with E-state index in [1.54, 1.807) is 13.1 Å². The van der Waals surface area contributed by atoms with Crippen molar-refractivity contribution in [2.24, 2.45) is 11.8 Å². The fourth-order valence-electron chi connectivity index (χ4n) is 3.99. The smallest absolute Gasteiger partial charge is 0.211 e. The molecule has 1 atom stereocenters. The second-order valence-corrected chi connectivity index (χ2v) is 8.89. The zero-order chi connectivity index (χ0) is 25.6. The van der Waals surface area contributed by atoms with Crippen LogP contribution in [-0.2, 0) is 24.1 Å². The fourth-order valence-corrected chi connectivity index (χ4v) is 3.99. The maximum Gasteiger partial charge on any atom is 0.211 e. The highest BCUT2D eigenvalue weighted by Gasteiger charge is 2.25. The molecule has 7 heteroatoms. The summed E-state index contributed by atoms with van der Waals surface area (Å²) in [5.41, 5.74) is 2.11. The Kier molecular flexibility index (Phi) is 12.2. The molecule has 3 rings (SSSR count). The Morgan fingerprint density at radius 2 is 1.77 bits per heavy atom. The van der Waals surface area contributed by atoms with Crippen molar-refractivity contribution in [3.05, 3.63) is 53.6 Å². The van der Waals surface area contributed by atoms with Crippen LogP contribution < -0.4 is 16.0 Å². The molecule has 0 bridgehead atoms. The first-order chi connectivity index (χ1) is 17.0. The Labute approximate surface area is 211 Å². The molecule has 1 fully saturated rings. The van der Waals surface area contributed by atoms with Crippen LogP contribution in [0.3, 0.4) is 0 Å². The summed E-state index contributed by atoms with van der Waals surface area (Å²) in [4.78, 5) is 13.2. The molecule has 1 aromatic carbocycles. The van der Waals surface area contributed by atoms with Crippen molar-refractivity contribution in [2.45, 2.75) is 52.9 Å². The van der Waals surface area contributed by atoms with Crippen molar-refractivity contribution in [3.63, 3.8) is 0 Å². The third-order valence-electron chi connectivity index (χ3n) is 6.28. The maximum absolute atomic E-state index is 11.0. The van der Waals surface area contributed by atoms with Gasteiger partial charge in [0.1, 0.15) is 23.0 Å². The number of rotatable bonds is 15. The zero-order valence-electron chi connectivity index (χ0n) is 22.1. The lowest BCUT2D eigenvalue weighted by atomic mass is 10.1. The normalized spacial score (nSPS) is 13.7. The number of phenolic OH excluding ortho intramolecular Hbond substituents is 1. The molecule has 35 heavy (non-hydrogen) atoms. The summed E-state index contributed by atoms with van der Waals surface area (Å²) in [6, 6.07) is 7.61. The Balaban J connectivity index is 0.00000210. The highest BCUT2D eigenvalue weighted by Crippen LogP contribution is 2.37. The van der Waals surface area contributed by atoms with Gasteiger partial charge in [0.05, 0.1) is 5.69 Å². The monoisotopic (exact) mass is 484 g/mol. The van der Waals surface area contributed by atoms with Crippen LogP contribution in [0.4, 0.5) is 11.4 Å². The number of furan rings is 1. The molecule has 0 radical (unpaired) electrons. The number of amides is 1. The van der Waals surface area contributed by atoms with Crippen LogP contribution in [0, 0.1) is 11.8 Å². The van der Waals surface area contributed by atoms with Crippen LogP contribution in [0.2, 0.25) is 0 Å². The van der Waals surface area contributed by atoms with Gasteiger partial charge in [-0.1, -0.05) is 32.9 Å². The van der Waals surface area contributed by atoms with Crippen LogP contribution in [-0.4, -0.2) is 50.1 Å². The minimum absolute atomic E-state index is 0.113. The molecule has 2 aromatic rings. The lowest BCUT2D eigenvalue weighted by Crippen LogP contribution is -2.20. The quantitative estimate of drug-likeness (QED) is 0.161. The molecule has 1 aliphatic carbocycles. The fraction of sp³-hybridized carbons (Fsp3) is 0.536. The van der Waals surface area contributed by atoms with Gasteiger partial charge in [-0.3, -0.25) is 4.79 Å². The van der Waals surface area contributed by atoms with Crippen LogP contribution in [0.5, 0.6) is 5.75 Å². The highest BCUT2D eigenvalue weighted by molar-refractivity contribution is 5.86. The molecule has 0 aliphatic heterocycles. The maximum atomic E-state index is 11.0. The number of nitrogens with zero attached hydrogens (tertiary/aromatic N) is 1. The van der Waals surface area contributed by atoms with E-state index in [1.165, 1.54) is 12.8 Å². The number of hydrogen-bond acceptors (Lipinski definition) is 6. The van der Waals surface area contributed by atoms with Crippen molar-refractivity contribution >= 4 is 17.8 Å². The number of hydrogen-bond donors (Lipinski definition) is 4. The molecular weight excluding hydrogens is 440 g/mol. The molecule has 0 spiro atoms. The van der Waals surface area contributed by atoms with E-state index < -0.39 is 0 Å². The second-order valence-electron chi connectivity index (χ2n) is 8.89. The lowest BCUT2D eigenvalue weighted by Gasteiger charge is -2.15. The first-order valence-corrected chi connectivity index (χ1v) is 12.9. The number of carbonyl (C=O) groups is 1. The number of phenols is 1. The van der Waals surface area contributed by atoms with Gasteiger partial charge in [0.15, 0.2) is 0 Å². The predicted octanol–water partition coefficient (Wildman–Crippen LogP) is 5.03. The summed E-state index contributed by atoms with van der Waals surface area (Å²) in [5.74, 6) is 3.71. The standard InChI is InChI=1S/C26H38N4O3.C2H6/c1-19(20-4-5-20)12-16-30(3)17-13-23-8-7-22(33-23)11-15-28-14-10-21-6-9-24(32)26(27-2)25(21)29-18-31;1-2/h6-9,12,16,18-20,27-28,32H,4-5,10-11,13-15,17H2,1-3H3,(H,29,31);1-2H3/b16-12+;. The van der Waals surface area contributed by atoms with E-state index in [0.717, 1.165) is 61.9 Å². The molecule has 1 saturated carbocycles. The van der Waals surface area contributed by atoms with Gasteiger partial charge in [0.25, 0.3) is 0 Å². The predicted molar refractivity (Wildman–Crippen MR) is 145 cm³/mol. The highest BCUT2D eigenvalue weighted by atomic mass is 16.3. The average Bonchev–Trinajstić information content (AvgIpc) is 3.63. The van der Waals surface area contributed by atoms with Crippen molar-refractivity contribution < 1.29 is 14.3 Å². The van der Waals surface area contributed by atoms with E-state index in [0.29, 0.717) is 23.7 Å². The van der Waals surface area contributed by atoms with E-state index in [1.807, 2.05) is 19.9 Å². The number of likely N-dealkylation sites (N-methyl/N-ethyl adjacent to an activating group) is 1. The Morgan fingerprint density at radius 1 is 1.09 bits per heavy atom. The SMILES string of the molecule is CC.CNc1c(O)ccc(CCNCCc2ccc(CCN(C)/C=C/C(C)C3CC3)o2)c1NC=O. The van der Waals surface area contributed by atoms with Gasteiger partial charge in [-0.2, -0.15) is 0 Å². The number of nitrogens with one attached hydrogen (secondary N) is 3. The number of benzene rings is 1. The summed E-state index contributed by atoms with van der Waals surface area (Å²) in [6.07, 6.45) is 10.4. The Morgan fingerprint density at radius 3 is 2.43 bits per heavy atom. The van der Waals surface area contributed by atoms with Gasteiger partial charge in [-0.25, -0.2) is 0 Å². The van der Waals surface area contributed by atoms with Crippen LogP contribution >= 0.6 is 0 Å². The molecule has 1 unspecified atom stereocenters. The van der Waals surface area contributed by atoms with Gasteiger partial charge in [0.2, 0.25) is 6.41 Å². The molecule has 1 heterocycles. The van der Waals surface area contributed by atoms with Crippen molar-refractivity contribution in [1.82, 2.24) is 10.2 Å². The van der Waals surface area contributed by atoms with Gasteiger partial charge < -0.3 is 30.4 Å². The molecule has 1 amide bonds. The summed E-state index contributed by atoms with van der Waals surface area (Å²) >= 11 is 0. The van der Waals surface area contributed by atoms with Gasteiger partial charge in [0, 0.05) is 40.0 Å². The first-order valence-electron chi connectivity index (χ1n) is 12.9. The summed E-state index contributed by atoms with van der Waals surface area (Å²) in [6.45, 7) is 8.81. The summed E-state index contributed by atoms with van der Waals surface area (Å²) < 4.78 is 5.99. The van der Waals surface area contributed by atoms with Crippen LogP contribution in [0.1, 0.15) is 50.7 Å². The molecule has 1 aromatic heterocycles. The molecule has 7 nitrogen and oxygen atoms in total. The number of aromatic hydroxyl groups is 1. The third kappa shape index (κ3) is 9.32.